The fourth-order valence-corrected chi connectivity index (χ4v) is 5.07. The lowest BCUT2D eigenvalue weighted by Crippen LogP contribution is -2.20. The Bertz CT molecular complexity index is 392. The molecule has 1 aromatic rings. The predicted octanol–water partition coefficient (Wildman–Crippen LogP) is 5.28. The van der Waals surface area contributed by atoms with E-state index in [1.165, 1.54) is 12.8 Å². The zero-order chi connectivity index (χ0) is 11.7. The summed E-state index contributed by atoms with van der Waals surface area (Å²) in [5.41, 5.74) is 0.858. The number of hydrogen-bond acceptors (Lipinski definition) is 2. The molecule has 1 aliphatic carbocycles. The Kier molecular flexibility index (Phi) is 4.25. The van der Waals surface area contributed by atoms with Gasteiger partial charge in [0, 0.05) is 11.5 Å². The van der Waals surface area contributed by atoms with Gasteiger partial charge < -0.3 is 0 Å². The number of hydrogen-bond donors (Lipinski definition) is 0. The smallest absolute Gasteiger partial charge is 0.167 e. The molecule has 1 saturated carbocycles. The first kappa shape index (κ1) is 12.8. The van der Waals surface area contributed by atoms with E-state index in [9.17, 15) is 4.79 Å². The van der Waals surface area contributed by atoms with Crippen LogP contribution in [-0.2, 0) is 0 Å². The van der Waals surface area contributed by atoms with E-state index in [0.717, 1.165) is 31.9 Å². The summed E-state index contributed by atoms with van der Waals surface area (Å²) in [7, 11) is 0. The zero-order valence-corrected chi connectivity index (χ0v) is 13.1. The van der Waals surface area contributed by atoms with Crippen LogP contribution in [0.1, 0.15) is 43.0 Å². The van der Waals surface area contributed by atoms with Crippen molar-refractivity contribution in [2.24, 2.45) is 11.8 Å². The van der Waals surface area contributed by atoms with Crippen molar-refractivity contribution in [2.75, 3.05) is 0 Å². The van der Waals surface area contributed by atoms with Crippen LogP contribution in [0.2, 0.25) is 0 Å². The molecule has 0 aliphatic heterocycles. The number of halogens is 2. The third-order valence-corrected chi connectivity index (χ3v) is 5.65. The van der Waals surface area contributed by atoms with E-state index in [2.05, 4.69) is 38.8 Å². The highest BCUT2D eigenvalue weighted by Crippen LogP contribution is 2.37. The van der Waals surface area contributed by atoms with E-state index in [1.54, 1.807) is 11.3 Å². The van der Waals surface area contributed by atoms with E-state index in [4.69, 9.17) is 0 Å². The number of Topliss-reactive ketones (excluding diaryl/α,β-unsaturated/α-hetero) is 1. The third-order valence-electron chi connectivity index (χ3n) is 3.31. The Morgan fingerprint density at radius 2 is 1.94 bits per heavy atom. The van der Waals surface area contributed by atoms with Crippen LogP contribution in [0.5, 0.6) is 0 Å². The SMILES string of the molecule is CC1CCC(C(=O)c2cc(Br)sc2Br)CC1. The quantitative estimate of drug-likeness (QED) is 0.651. The minimum Gasteiger partial charge on any atom is -0.294 e. The fraction of sp³-hybridized carbons (Fsp3) is 0.583. The monoisotopic (exact) mass is 364 g/mol. The Balaban J connectivity index is 2.10. The molecule has 88 valence electrons. The molecule has 0 aromatic carbocycles. The standard InChI is InChI=1S/C12H14Br2OS/c1-7-2-4-8(5-3-7)11(15)9-6-10(13)16-12(9)14/h6-8H,2-5H2,1H3. The van der Waals surface area contributed by atoms with E-state index < -0.39 is 0 Å². The molecule has 0 unspecified atom stereocenters. The van der Waals surface area contributed by atoms with Gasteiger partial charge in [-0.25, -0.2) is 0 Å². The fourth-order valence-electron chi connectivity index (χ4n) is 2.25. The maximum atomic E-state index is 12.3. The molecule has 1 heterocycles. The van der Waals surface area contributed by atoms with Crippen molar-refractivity contribution < 1.29 is 4.79 Å². The molecule has 0 N–H and O–H groups in total. The van der Waals surface area contributed by atoms with Gasteiger partial charge in [-0.05, 0) is 56.7 Å². The maximum Gasteiger partial charge on any atom is 0.167 e. The summed E-state index contributed by atoms with van der Waals surface area (Å²) < 4.78 is 1.98. The first-order valence-corrected chi connectivity index (χ1v) is 7.97. The molecule has 1 nitrogen and oxygen atoms in total. The average Bonchev–Trinajstić information content (AvgIpc) is 2.58. The highest BCUT2D eigenvalue weighted by molar-refractivity contribution is 9.12. The van der Waals surface area contributed by atoms with Gasteiger partial charge in [0.25, 0.3) is 0 Å². The highest BCUT2D eigenvalue weighted by atomic mass is 79.9. The summed E-state index contributed by atoms with van der Waals surface area (Å²) >= 11 is 8.46. The van der Waals surface area contributed by atoms with Crippen LogP contribution < -0.4 is 0 Å². The van der Waals surface area contributed by atoms with E-state index in [-0.39, 0.29) is 5.92 Å². The Labute approximate surface area is 117 Å². The zero-order valence-electron chi connectivity index (χ0n) is 9.13. The second-order valence-electron chi connectivity index (χ2n) is 4.56. The van der Waals surface area contributed by atoms with Gasteiger partial charge in [0.05, 0.1) is 7.57 Å². The van der Waals surface area contributed by atoms with Crippen molar-refractivity contribution in [3.63, 3.8) is 0 Å². The molecule has 4 heteroatoms. The first-order valence-electron chi connectivity index (χ1n) is 5.57. The summed E-state index contributed by atoms with van der Waals surface area (Å²) in [6, 6.07) is 1.94. The van der Waals surface area contributed by atoms with Gasteiger partial charge in [-0.2, -0.15) is 0 Å². The second kappa shape index (κ2) is 5.32. The summed E-state index contributed by atoms with van der Waals surface area (Å²) in [6.07, 6.45) is 4.50. The van der Waals surface area contributed by atoms with Gasteiger partial charge >= 0.3 is 0 Å². The lowest BCUT2D eigenvalue weighted by Gasteiger charge is -2.24. The lowest BCUT2D eigenvalue weighted by molar-refractivity contribution is 0.0875. The molecule has 0 bridgehead atoms. The van der Waals surface area contributed by atoms with E-state index >= 15 is 0 Å². The van der Waals surface area contributed by atoms with Crippen molar-refractivity contribution in [3.8, 4) is 0 Å². The van der Waals surface area contributed by atoms with Gasteiger partial charge in [-0.3, -0.25) is 4.79 Å². The highest BCUT2D eigenvalue weighted by Gasteiger charge is 2.27. The van der Waals surface area contributed by atoms with Crippen molar-refractivity contribution in [3.05, 3.63) is 19.2 Å². The van der Waals surface area contributed by atoms with Gasteiger partial charge in [-0.1, -0.05) is 19.8 Å². The summed E-state index contributed by atoms with van der Waals surface area (Å²) in [6.45, 7) is 2.28. The normalized spacial score (nSPS) is 25.7. The van der Waals surface area contributed by atoms with Crippen LogP contribution in [-0.4, -0.2) is 5.78 Å². The molecule has 16 heavy (non-hydrogen) atoms. The summed E-state index contributed by atoms with van der Waals surface area (Å²) in [5, 5.41) is 0. The van der Waals surface area contributed by atoms with Crippen LogP contribution >= 0.6 is 43.2 Å². The maximum absolute atomic E-state index is 12.3. The van der Waals surface area contributed by atoms with Crippen LogP contribution in [0.4, 0.5) is 0 Å². The van der Waals surface area contributed by atoms with Crippen LogP contribution in [0, 0.1) is 11.8 Å². The average molecular weight is 366 g/mol. The summed E-state index contributed by atoms with van der Waals surface area (Å²) in [5.74, 6) is 1.36. The molecule has 0 atom stereocenters. The molecule has 0 amide bonds. The van der Waals surface area contributed by atoms with Crippen LogP contribution in [0.3, 0.4) is 0 Å². The minimum absolute atomic E-state index is 0.244. The topological polar surface area (TPSA) is 17.1 Å². The summed E-state index contributed by atoms with van der Waals surface area (Å²) in [4.78, 5) is 12.3. The largest absolute Gasteiger partial charge is 0.294 e. The predicted molar refractivity (Wildman–Crippen MR) is 75.2 cm³/mol. The van der Waals surface area contributed by atoms with Crippen molar-refractivity contribution in [1.82, 2.24) is 0 Å². The number of thiophene rings is 1. The van der Waals surface area contributed by atoms with Crippen molar-refractivity contribution in [1.29, 1.82) is 0 Å². The van der Waals surface area contributed by atoms with E-state index in [0.29, 0.717) is 5.78 Å². The molecular weight excluding hydrogens is 352 g/mol. The molecule has 2 rings (SSSR count). The molecule has 1 fully saturated rings. The Hall–Kier alpha value is 0.330. The van der Waals surface area contributed by atoms with Gasteiger partial charge in [0.1, 0.15) is 0 Å². The molecule has 0 saturated heterocycles. The third kappa shape index (κ3) is 2.77. The molecule has 0 radical (unpaired) electrons. The number of rotatable bonds is 2. The molecular formula is C12H14Br2OS. The van der Waals surface area contributed by atoms with Crippen molar-refractivity contribution >= 4 is 49.0 Å². The number of ketones is 1. The molecule has 1 aliphatic rings. The Morgan fingerprint density at radius 1 is 1.31 bits per heavy atom. The Morgan fingerprint density at radius 3 is 2.44 bits per heavy atom. The first-order chi connectivity index (χ1) is 7.58. The lowest BCUT2D eigenvalue weighted by atomic mass is 9.80. The molecule has 1 aromatic heterocycles. The second-order valence-corrected chi connectivity index (χ2v) is 8.31. The van der Waals surface area contributed by atoms with Gasteiger partial charge in [0.2, 0.25) is 0 Å². The number of carbonyl (C=O) groups excluding carboxylic acids is 1. The number of carbonyl (C=O) groups is 1. The van der Waals surface area contributed by atoms with Crippen LogP contribution in [0.15, 0.2) is 13.6 Å². The minimum atomic E-state index is 0.244. The van der Waals surface area contributed by atoms with Crippen LogP contribution in [0.25, 0.3) is 0 Å². The van der Waals surface area contributed by atoms with Gasteiger partial charge in [-0.15, -0.1) is 11.3 Å². The van der Waals surface area contributed by atoms with Gasteiger partial charge in [0.15, 0.2) is 5.78 Å². The molecule has 0 spiro atoms. The van der Waals surface area contributed by atoms with Crippen molar-refractivity contribution in [2.45, 2.75) is 32.6 Å². The van der Waals surface area contributed by atoms with E-state index in [1.807, 2.05) is 6.07 Å².